The number of halogens is 3. The lowest BCUT2D eigenvalue weighted by Gasteiger charge is -2.24. The van der Waals surface area contributed by atoms with Gasteiger partial charge in [-0.05, 0) is 13.8 Å². The summed E-state index contributed by atoms with van der Waals surface area (Å²) in [6, 6.07) is 0. The van der Waals surface area contributed by atoms with Gasteiger partial charge in [0.2, 0.25) is 0 Å². The molecule has 0 fully saturated rings. The first-order chi connectivity index (χ1) is 5.52. The number of hydrogen-bond acceptors (Lipinski definition) is 3. The zero-order chi connectivity index (χ0) is 10.9. The van der Waals surface area contributed by atoms with Gasteiger partial charge < -0.3 is 5.73 Å². The van der Waals surface area contributed by atoms with Crippen molar-refractivity contribution in [3.05, 3.63) is 0 Å². The number of rotatable bonds is 3. The van der Waals surface area contributed by atoms with Crippen molar-refractivity contribution in [1.82, 2.24) is 4.72 Å². The van der Waals surface area contributed by atoms with Gasteiger partial charge >= 0.3 is 15.5 Å². The van der Waals surface area contributed by atoms with Crippen molar-refractivity contribution in [1.29, 1.82) is 0 Å². The van der Waals surface area contributed by atoms with Gasteiger partial charge in [0.1, 0.15) is 0 Å². The van der Waals surface area contributed by atoms with Crippen LogP contribution in [0.2, 0.25) is 0 Å². The van der Waals surface area contributed by atoms with Crippen LogP contribution in [0, 0.1) is 0 Å². The van der Waals surface area contributed by atoms with E-state index in [1.165, 1.54) is 18.6 Å². The van der Waals surface area contributed by atoms with E-state index in [2.05, 4.69) is 0 Å². The average molecular weight is 220 g/mol. The Kier molecular flexibility index (Phi) is 3.34. The molecule has 0 amide bonds. The molecule has 0 aromatic carbocycles. The molecule has 0 bridgehead atoms. The summed E-state index contributed by atoms with van der Waals surface area (Å²) in [6.45, 7) is 2.30. The molecule has 0 radical (unpaired) electrons. The second-order valence-corrected chi connectivity index (χ2v) is 4.81. The van der Waals surface area contributed by atoms with E-state index in [-0.39, 0.29) is 6.54 Å². The molecule has 0 aliphatic carbocycles. The minimum absolute atomic E-state index is 0.220. The van der Waals surface area contributed by atoms with Crippen molar-refractivity contribution in [2.45, 2.75) is 24.9 Å². The molecular formula is C5H11F3N2O2S. The first kappa shape index (κ1) is 12.7. The van der Waals surface area contributed by atoms with Crippen LogP contribution in [0.15, 0.2) is 0 Å². The van der Waals surface area contributed by atoms with Crippen molar-refractivity contribution in [2.24, 2.45) is 5.73 Å². The fourth-order valence-corrected chi connectivity index (χ4v) is 1.39. The van der Waals surface area contributed by atoms with Crippen LogP contribution in [0.5, 0.6) is 0 Å². The Labute approximate surface area is 74.3 Å². The number of nitrogens with two attached hydrogens (primary N) is 1. The second kappa shape index (κ2) is 3.43. The fraction of sp³-hybridized carbons (Fsp3) is 1.00. The third-order valence-electron chi connectivity index (χ3n) is 1.23. The molecule has 0 aromatic rings. The van der Waals surface area contributed by atoms with Crippen LogP contribution in [0.1, 0.15) is 13.8 Å². The predicted octanol–water partition coefficient (Wildman–Crippen LogP) is 0.163. The highest BCUT2D eigenvalue weighted by molar-refractivity contribution is 7.90. The molecule has 13 heavy (non-hydrogen) atoms. The summed E-state index contributed by atoms with van der Waals surface area (Å²) < 4.78 is 57.9. The zero-order valence-corrected chi connectivity index (χ0v) is 7.96. The van der Waals surface area contributed by atoms with E-state index < -0.39 is 21.1 Å². The van der Waals surface area contributed by atoms with Gasteiger partial charge in [-0.25, -0.2) is 13.1 Å². The van der Waals surface area contributed by atoms with Gasteiger partial charge in [-0.2, -0.15) is 13.2 Å². The molecule has 0 saturated heterocycles. The fourth-order valence-electron chi connectivity index (χ4n) is 0.463. The van der Waals surface area contributed by atoms with Crippen LogP contribution in [0.25, 0.3) is 0 Å². The number of sulfonamides is 1. The van der Waals surface area contributed by atoms with Crippen LogP contribution in [-0.2, 0) is 10.0 Å². The third kappa shape index (κ3) is 3.49. The Balaban J connectivity index is 4.74. The maximum Gasteiger partial charge on any atom is 0.511 e. The van der Waals surface area contributed by atoms with Crippen molar-refractivity contribution >= 4 is 10.0 Å². The first-order valence-corrected chi connectivity index (χ1v) is 4.80. The molecule has 0 spiro atoms. The summed E-state index contributed by atoms with van der Waals surface area (Å²) in [5.41, 5.74) is -1.53. The van der Waals surface area contributed by atoms with Crippen molar-refractivity contribution in [2.75, 3.05) is 6.54 Å². The van der Waals surface area contributed by atoms with Gasteiger partial charge in [0.05, 0.1) is 0 Å². The highest BCUT2D eigenvalue weighted by Gasteiger charge is 2.47. The molecule has 0 unspecified atom stereocenters. The Morgan fingerprint density at radius 2 is 1.69 bits per heavy atom. The van der Waals surface area contributed by atoms with E-state index >= 15 is 0 Å². The molecule has 80 valence electrons. The third-order valence-corrected chi connectivity index (χ3v) is 2.66. The van der Waals surface area contributed by atoms with E-state index in [1.54, 1.807) is 0 Å². The quantitative estimate of drug-likeness (QED) is 0.711. The van der Waals surface area contributed by atoms with E-state index in [4.69, 9.17) is 5.73 Å². The molecule has 0 saturated carbocycles. The summed E-state index contributed by atoms with van der Waals surface area (Å²) >= 11 is 0. The first-order valence-electron chi connectivity index (χ1n) is 3.32. The molecule has 0 aromatic heterocycles. The highest BCUT2D eigenvalue weighted by Crippen LogP contribution is 2.23. The lowest BCUT2D eigenvalue weighted by molar-refractivity contribution is -0.0454. The lowest BCUT2D eigenvalue weighted by atomic mass is 10.1. The maximum atomic E-state index is 11.8. The summed E-state index contributed by atoms with van der Waals surface area (Å²) in [7, 11) is -5.30. The Hall–Kier alpha value is -0.340. The highest BCUT2D eigenvalue weighted by atomic mass is 32.2. The van der Waals surface area contributed by atoms with Crippen molar-refractivity contribution in [3.63, 3.8) is 0 Å². The average Bonchev–Trinajstić information content (AvgIpc) is 1.83. The van der Waals surface area contributed by atoms with E-state index in [1.807, 2.05) is 0 Å². The zero-order valence-electron chi connectivity index (χ0n) is 7.14. The van der Waals surface area contributed by atoms with Gasteiger partial charge in [0.25, 0.3) is 0 Å². The number of nitrogens with one attached hydrogen (secondary N) is 1. The van der Waals surface area contributed by atoms with E-state index in [0.717, 1.165) is 0 Å². The molecule has 8 heteroatoms. The Morgan fingerprint density at radius 1 is 1.31 bits per heavy atom. The SMILES string of the molecule is CC(C)(CN)NS(=O)(=O)C(F)(F)F. The van der Waals surface area contributed by atoms with E-state index in [9.17, 15) is 21.6 Å². The van der Waals surface area contributed by atoms with Gasteiger partial charge in [-0.1, -0.05) is 0 Å². The van der Waals surface area contributed by atoms with Crippen molar-refractivity contribution < 1.29 is 21.6 Å². The van der Waals surface area contributed by atoms with Crippen LogP contribution in [0.3, 0.4) is 0 Å². The van der Waals surface area contributed by atoms with E-state index in [0.29, 0.717) is 0 Å². The summed E-state index contributed by atoms with van der Waals surface area (Å²) in [5, 5.41) is 0. The van der Waals surface area contributed by atoms with Crippen LogP contribution < -0.4 is 10.5 Å². The summed E-state index contributed by atoms with van der Waals surface area (Å²) in [4.78, 5) is 0. The molecule has 4 nitrogen and oxygen atoms in total. The Bertz CT molecular complexity index is 270. The normalized spacial score (nSPS) is 14.6. The predicted molar refractivity (Wildman–Crippen MR) is 41.2 cm³/mol. The molecule has 0 heterocycles. The van der Waals surface area contributed by atoms with Gasteiger partial charge in [-0.15, -0.1) is 0 Å². The minimum Gasteiger partial charge on any atom is -0.329 e. The van der Waals surface area contributed by atoms with Gasteiger partial charge in [0, 0.05) is 12.1 Å². The smallest absolute Gasteiger partial charge is 0.329 e. The molecule has 0 atom stereocenters. The maximum absolute atomic E-state index is 11.8. The largest absolute Gasteiger partial charge is 0.511 e. The standard InChI is InChI=1S/C5H11F3N2O2S/c1-4(2,3-9)10-13(11,12)5(6,7)8/h10H,3,9H2,1-2H3. The Morgan fingerprint density at radius 3 is 1.92 bits per heavy atom. The van der Waals surface area contributed by atoms with Crippen LogP contribution >= 0.6 is 0 Å². The summed E-state index contributed by atoms with van der Waals surface area (Å²) in [5.74, 6) is 0. The monoisotopic (exact) mass is 220 g/mol. The second-order valence-electron chi connectivity index (χ2n) is 3.14. The topological polar surface area (TPSA) is 72.2 Å². The van der Waals surface area contributed by atoms with Crippen molar-refractivity contribution in [3.8, 4) is 0 Å². The molecule has 0 aliphatic rings. The summed E-state index contributed by atoms with van der Waals surface area (Å²) in [6.07, 6.45) is 0. The lowest BCUT2D eigenvalue weighted by Crippen LogP contribution is -2.52. The van der Waals surface area contributed by atoms with Gasteiger partial charge in [0.15, 0.2) is 0 Å². The molecule has 0 aliphatic heterocycles. The molecular weight excluding hydrogens is 209 g/mol. The number of alkyl halides is 3. The minimum atomic E-state index is -5.30. The van der Waals surface area contributed by atoms with Gasteiger partial charge in [-0.3, -0.25) is 0 Å². The number of hydrogen-bond donors (Lipinski definition) is 2. The van der Waals surface area contributed by atoms with Crippen LogP contribution in [0.4, 0.5) is 13.2 Å². The van der Waals surface area contributed by atoms with Crippen LogP contribution in [-0.4, -0.2) is 26.0 Å². The molecule has 3 N–H and O–H groups in total. The molecule has 0 rings (SSSR count).